The van der Waals surface area contributed by atoms with Gasteiger partial charge in [-0.3, -0.25) is 9.48 Å². The van der Waals surface area contributed by atoms with Crippen LogP contribution in [-0.2, 0) is 14.1 Å². The fourth-order valence-electron chi connectivity index (χ4n) is 2.44. The lowest BCUT2D eigenvalue weighted by atomic mass is 10.1. The molecule has 0 saturated heterocycles. The summed E-state index contributed by atoms with van der Waals surface area (Å²) in [7, 11) is 3.74. The van der Waals surface area contributed by atoms with Gasteiger partial charge in [-0.2, -0.15) is 10.1 Å². The predicted octanol–water partition coefficient (Wildman–Crippen LogP) is 2.64. The van der Waals surface area contributed by atoms with Crippen LogP contribution in [-0.4, -0.2) is 20.3 Å². The number of benzene rings is 1. The van der Waals surface area contributed by atoms with E-state index in [2.05, 4.69) is 36.1 Å². The maximum Gasteiger partial charge on any atom is 0.300 e. The van der Waals surface area contributed by atoms with E-state index in [-0.39, 0.29) is 5.91 Å². The van der Waals surface area contributed by atoms with Gasteiger partial charge in [0.25, 0.3) is 5.91 Å². The Morgan fingerprint density at radius 1 is 1.14 bits per heavy atom. The van der Waals surface area contributed by atoms with E-state index in [0.717, 1.165) is 15.8 Å². The number of amides is 1. The van der Waals surface area contributed by atoms with Gasteiger partial charge in [0.1, 0.15) is 0 Å². The largest absolute Gasteiger partial charge is 0.319 e. The van der Waals surface area contributed by atoms with Crippen LogP contribution < -0.4 is 4.80 Å². The number of nitrogens with zero attached hydrogens (tertiary/aromatic N) is 4. The average Bonchev–Trinajstić information content (AvgIpc) is 2.92. The van der Waals surface area contributed by atoms with E-state index in [4.69, 9.17) is 0 Å². The SMILES string of the molecule is Cc1cc2sc(=NC(=O)c3nn(C)cc3C)n(C)c2cc1C. The molecule has 0 aliphatic heterocycles. The van der Waals surface area contributed by atoms with Crippen LogP contribution in [0.1, 0.15) is 27.2 Å². The lowest BCUT2D eigenvalue weighted by molar-refractivity contribution is 0.0992. The van der Waals surface area contributed by atoms with E-state index in [1.165, 1.54) is 22.5 Å². The second-order valence-electron chi connectivity index (χ2n) is 5.60. The summed E-state index contributed by atoms with van der Waals surface area (Å²) in [6.45, 7) is 6.05. The molecule has 0 N–H and O–H groups in total. The number of thiazole rings is 1. The zero-order valence-electron chi connectivity index (χ0n) is 13.3. The van der Waals surface area contributed by atoms with Crippen LogP contribution >= 0.6 is 11.3 Å². The number of hydrogen-bond acceptors (Lipinski definition) is 3. The molecule has 0 aliphatic rings. The van der Waals surface area contributed by atoms with Gasteiger partial charge >= 0.3 is 0 Å². The van der Waals surface area contributed by atoms with Gasteiger partial charge in [0.2, 0.25) is 0 Å². The number of rotatable bonds is 1. The first-order valence-corrected chi connectivity index (χ1v) is 7.84. The number of carbonyl (C=O) groups excluding carboxylic acids is 1. The lowest BCUT2D eigenvalue weighted by Crippen LogP contribution is -2.14. The maximum atomic E-state index is 12.4. The summed E-state index contributed by atoms with van der Waals surface area (Å²) in [4.78, 5) is 17.3. The number of fused-ring (bicyclic) bond motifs is 1. The zero-order chi connectivity index (χ0) is 16.0. The van der Waals surface area contributed by atoms with Gasteiger partial charge in [0.05, 0.1) is 10.2 Å². The van der Waals surface area contributed by atoms with Crippen LogP contribution in [0.3, 0.4) is 0 Å². The summed E-state index contributed by atoms with van der Waals surface area (Å²) in [5.74, 6) is -0.297. The molecule has 0 spiro atoms. The zero-order valence-corrected chi connectivity index (χ0v) is 14.2. The molecule has 1 aromatic carbocycles. The van der Waals surface area contributed by atoms with Gasteiger partial charge < -0.3 is 4.57 Å². The molecule has 6 heteroatoms. The van der Waals surface area contributed by atoms with Crippen molar-refractivity contribution in [3.63, 3.8) is 0 Å². The molecule has 2 aromatic heterocycles. The fourth-order valence-corrected chi connectivity index (χ4v) is 3.54. The van der Waals surface area contributed by atoms with Crippen molar-refractivity contribution in [2.45, 2.75) is 20.8 Å². The highest BCUT2D eigenvalue weighted by Gasteiger charge is 2.13. The molecule has 114 valence electrons. The summed E-state index contributed by atoms with van der Waals surface area (Å²) < 4.78 is 4.73. The van der Waals surface area contributed by atoms with Crippen molar-refractivity contribution in [1.29, 1.82) is 0 Å². The first-order valence-electron chi connectivity index (χ1n) is 7.03. The van der Waals surface area contributed by atoms with Crippen LogP contribution in [0.2, 0.25) is 0 Å². The van der Waals surface area contributed by atoms with E-state index >= 15 is 0 Å². The third-order valence-corrected chi connectivity index (χ3v) is 4.93. The van der Waals surface area contributed by atoms with Gasteiger partial charge in [-0.15, -0.1) is 0 Å². The maximum absolute atomic E-state index is 12.4. The molecule has 22 heavy (non-hydrogen) atoms. The third kappa shape index (κ3) is 2.39. The summed E-state index contributed by atoms with van der Waals surface area (Å²) in [6, 6.07) is 4.28. The van der Waals surface area contributed by atoms with Gasteiger partial charge in [-0.1, -0.05) is 11.3 Å². The first-order chi connectivity index (χ1) is 10.4. The van der Waals surface area contributed by atoms with Crippen LogP contribution in [0.5, 0.6) is 0 Å². The van der Waals surface area contributed by atoms with E-state index in [1.807, 2.05) is 24.7 Å². The summed E-state index contributed by atoms with van der Waals surface area (Å²) in [5, 5.41) is 4.19. The van der Waals surface area contributed by atoms with E-state index in [1.54, 1.807) is 11.7 Å². The molecule has 0 aliphatic carbocycles. The minimum Gasteiger partial charge on any atom is -0.319 e. The van der Waals surface area contributed by atoms with Crippen molar-refractivity contribution in [2.24, 2.45) is 19.1 Å². The Morgan fingerprint density at radius 3 is 2.45 bits per heavy atom. The first kappa shape index (κ1) is 14.7. The molecule has 1 amide bonds. The monoisotopic (exact) mass is 314 g/mol. The topological polar surface area (TPSA) is 52.2 Å². The minimum absolute atomic E-state index is 0.297. The quantitative estimate of drug-likeness (QED) is 0.693. The van der Waals surface area contributed by atoms with E-state index in [9.17, 15) is 4.79 Å². The summed E-state index contributed by atoms with van der Waals surface area (Å²) in [6.07, 6.45) is 1.82. The average molecular weight is 314 g/mol. The lowest BCUT2D eigenvalue weighted by Gasteiger charge is -2.00. The molecule has 5 nitrogen and oxygen atoms in total. The molecule has 0 unspecified atom stereocenters. The Bertz CT molecular complexity index is 959. The smallest absolute Gasteiger partial charge is 0.300 e. The molecule has 0 radical (unpaired) electrons. The van der Waals surface area contributed by atoms with Gasteiger partial charge in [-0.25, -0.2) is 0 Å². The number of aromatic nitrogens is 3. The Hall–Kier alpha value is -2.21. The van der Waals surface area contributed by atoms with Crippen molar-refractivity contribution >= 4 is 27.5 Å². The molecule has 2 heterocycles. The second-order valence-corrected chi connectivity index (χ2v) is 6.61. The van der Waals surface area contributed by atoms with Crippen molar-refractivity contribution in [3.05, 3.63) is 45.5 Å². The molecule has 0 saturated carbocycles. The summed E-state index contributed by atoms with van der Waals surface area (Å²) in [5.41, 5.74) is 4.82. The number of aryl methyl sites for hydroxylation is 5. The predicted molar refractivity (Wildman–Crippen MR) is 88.1 cm³/mol. The van der Waals surface area contributed by atoms with Crippen molar-refractivity contribution < 1.29 is 4.79 Å². The Balaban J connectivity index is 2.15. The molecule has 0 fully saturated rings. The number of carbonyl (C=O) groups is 1. The highest BCUT2D eigenvalue weighted by Crippen LogP contribution is 2.21. The third-order valence-electron chi connectivity index (χ3n) is 3.84. The van der Waals surface area contributed by atoms with Crippen LogP contribution in [0, 0.1) is 20.8 Å². The van der Waals surface area contributed by atoms with Crippen molar-refractivity contribution in [1.82, 2.24) is 14.3 Å². The van der Waals surface area contributed by atoms with Gasteiger partial charge in [-0.05, 0) is 44.0 Å². The Morgan fingerprint density at radius 2 is 1.82 bits per heavy atom. The summed E-state index contributed by atoms with van der Waals surface area (Å²) >= 11 is 1.52. The Kier molecular flexibility index (Phi) is 3.48. The minimum atomic E-state index is -0.297. The number of hydrogen-bond donors (Lipinski definition) is 0. The normalized spacial score (nSPS) is 12.3. The van der Waals surface area contributed by atoms with Crippen molar-refractivity contribution in [2.75, 3.05) is 0 Å². The van der Waals surface area contributed by atoms with Gasteiger partial charge in [0, 0.05) is 25.9 Å². The van der Waals surface area contributed by atoms with Crippen LogP contribution in [0.4, 0.5) is 0 Å². The molecular formula is C16H18N4OS. The molecule has 3 rings (SSSR count). The van der Waals surface area contributed by atoms with Crippen LogP contribution in [0.15, 0.2) is 23.3 Å². The second kappa shape index (κ2) is 5.21. The standard InChI is InChI=1S/C16H18N4OS/c1-9-6-12-13(7-10(9)2)22-16(20(12)5)17-15(21)14-11(3)8-19(4)18-14/h6-8H,1-5H3. The molecule has 0 bridgehead atoms. The van der Waals surface area contributed by atoms with E-state index in [0.29, 0.717) is 10.5 Å². The molecule has 3 aromatic rings. The Labute approximate surface area is 132 Å². The fraction of sp³-hybridized carbons (Fsp3) is 0.312. The van der Waals surface area contributed by atoms with Gasteiger partial charge in [0.15, 0.2) is 10.5 Å². The molecule has 0 atom stereocenters. The highest BCUT2D eigenvalue weighted by atomic mass is 32.1. The highest BCUT2D eigenvalue weighted by molar-refractivity contribution is 7.16. The van der Waals surface area contributed by atoms with E-state index < -0.39 is 0 Å². The van der Waals surface area contributed by atoms with Crippen LogP contribution in [0.25, 0.3) is 10.2 Å². The van der Waals surface area contributed by atoms with Crippen molar-refractivity contribution in [3.8, 4) is 0 Å². The molecular weight excluding hydrogens is 296 g/mol.